The van der Waals surface area contributed by atoms with Crippen LogP contribution in [0.2, 0.25) is 0 Å². The van der Waals surface area contributed by atoms with Crippen LogP contribution in [0.4, 0.5) is 5.69 Å². The second-order valence-electron chi connectivity index (χ2n) is 8.03. The summed E-state index contributed by atoms with van der Waals surface area (Å²) < 4.78 is 17.2. The van der Waals surface area contributed by atoms with Crippen LogP contribution < -0.4 is 19.1 Å². The Balaban J connectivity index is 1.40. The zero-order chi connectivity index (χ0) is 23.9. The topological polar surface area (TPSA) is 68.2 Å². The van der Waals surface area contributed by atoms with Gasteiger partial charge in [-0.3, -0.25) is 4.79 Å². The molecule has 3 aromatic rings. The van der Waals surface area contributed by atoms with Crippen molar-refractivity contribution < 1.29 is 24.1 Å². The summed E-state index contributed by atoms with van der Waals surface area (Å²) in [6.07, 6.45) is 1.44. The summed E-state index contributed by atoms with van der Waals surface area (Å²) in [4.78, 5) is 14.8. The van der Waals surface area contributed by atoms with Gasteiger partial charge in [-0.25, -0.2) is 0 Å². The highest BCUT2D eigenvalue weighted by Gasteiger charge is 2.34. The number of ether oxygens (including phenoxy) is 3. The van der Waals surface area contributed by atoms with Crippen LogP contribution in [0.3, 0.4) is 0 Å². The normalized spacial score (nSPS) is 16.4. The van der Waals surface area contributed by atoms with Crippen LogP contribution in [0.25, 0.3) is 11.1 Å². The molecule has 0 saturated carbocycles. The first-order chi connectivity index (χ1) is 16.6. The average Bonchev–Trinajstić information content (AvgIpc) is 3.23. The van der Waals surface area contributed by atoms with Crippen molar-refractivity contribution in [2.45, 2.75) is 18.6 Å². The predicted molar refractivity (Wildman–Crippen MR) is 136 cm³/mol. The third kappa shape index (κ3) is 5.66. The molecule has 1 unspecified atom stereocenters. The number of rotatable bonds is 10. The number of carbonyl (C=O) groups excluding carboxylic acids is 1. The molecule has 4 rings (SSSR count). The van der Waals surface area contributed by atoms with E-state index in [1.807, 2.05) is 54.8 Å². The lowest BCUT2D eigenvalue weighted by atomic mass is 10.1. The standard InChI is InChI=1S/C27H29NO5S/c1-31-26-16-21(10-13-24(26)32-17-22(29)18-34-2)28-15-14-25(27(28)30)33-23-11-8-20(9-12-23)19-6-4-3-5-7-19/h3-13,16,22,25,29H,14-15,17-18H2,1-2H3/t22-,25?/m0/s1. The molecule has 7 heteroatoms. The van der Waals surface area contributed by atoms with Crippen LogP contribution in [-0.4, -0.2) is 55.5 Å². The Kier molecular flexibility index (Phi) is 7.98. The van der Waals surface area contributed by atoms with Crippen molar-refractivity contribution in [1.82, 2.24) is 0 Å². The fourth-order valence-corrected chi connectivity index (χ4v) is 4.39. The van der Waals surface area contributed by atoms with Crippen LogP contribution in [0, 0.1) is 0 Å². The number of amides is 1. The Labute approximate surface area is 204 Å². The molecular formula is C27H29NO5S. The van der Waals surface area contributed by atoms with E-state index < -0.39 is 12.2 Å². The molecule has 1 saturated heterocycles. The van der Waals surface area contributed by atoms with E-state index in [1.54, 1.807) is 35.9 Å². The second-order valence-corrected chi connectivity index (χ2v) is 8.94. The second kappa shape index (κ2) is 11.3. The van der Waals surface area contributed by atoms with Gasteiger partial charge in [-0.1, -0.05) is 42.5 Å². The summed E-state index contributed by atoms with van der Waals surface area (Å²) in [6, 6.07) is 23.3. The molecule has 0 radical (unpaired) electrons. The first-order valence-corrected chi connectivity index (χ1v) is 12.6. The lowest BCUT2D eigenvalue weighted by Crippen LogP contribution is -2.32. The highest BCUT2D eigenvalue weighted by atomic mass is 32.2. The quantitative estimate of drug-likeness (QED) is 0.457. The van der Waals surface area contributed by atoms with Gasteiger partial charge in [0.25, 0.3) is 5.91 Å². The van der Waals surface area contributed by atoms with Crippen LogP contribution in [0.15, 0.2) is 72.8 Å². The fourth-order valence-electron chi connectivity index (χ4n) is 3.91. The van der Waals surface area contributed by atoms with Gasteiger partial charge in [-0.05, 0) is 41.6 Å². The Morgan fingerprint density at radius 2 is 1.76 bits per heavy atom. The Hall–Kier alpha value is -3.16. The number of methoxy groups -OCH3 is 1. The van der Waals surface area contributed by atoms with Crippen LogP contribution in [0.5, 0.6) is 17.2 Å². The largest absolute Gasteiger partial charge is 0.493 e. The Morgan fingerprint density at radius 1 is 1.03 bits per heavy atom. The Morgan fingerprint density at radius 3 is 2.47 bits per heavy atom. The van der Waals surface area contributed by atoms with Crippen LogP contribution >= 0.6 is 11.8 Å². The van der Waals surface area contributed by atoms with E-state index >= 15 is 0 Å². The van der Waals surface area contributed by atoms with Crippen molar-refractivity contribution in [3.63, 3.8) is 0 Å². The number of hydrogen-bond donors (Lipinski definition) is 1. The highest BCUT2D eigenvalue weighted by Crippen LogP contribution is 2.34. The van der Waals surface area contributed by atoms with Gasteiger partial charge in [0.05, 0.1) is 13.2 Å². The summed E-state index contributed by atoms with van der Waals surface area (Å²) in [5.74, 6) is 2.23. The number of thioether (sulfide) groups is 1. The lowest BCUT2D eigenvalue weighted by molar-refractivity contribution is -0.122. The molecular weight excluding hydrogens is 450 g/mol. The number of anilines is 1. The van der Waals surface area contributed by atoms with Crippen molar-refractivity contribution in [1.29, 1.82) is 0 Å². The minimum atomic E-state index is -0.556. The van der Waals surface area contributed by atoms with E-state index in [0.717, 1.165) is 16.8 Å². The van der Waals surface area contributed by atoms with E-state index in [4.69, 9.17) is 14.2 Å². The molecule has 1 fully saturated rings. The van der Waals surface area contributed by atoms with Gasteiger partial charge >= 0.3 is 0 Å². The van der Waals surface area contributed by atoms with Gasteiger partial charge in [-0.2, -0.15) is 11.8 Å². The molecule has 1 heterocycles. The highest BCUT2D eigenvalue weighted by molar-refractivity contribution is 7.98. The SMILES string of the molecule is COc1cc(N2CCC(Oc3ccc(-c4ccccc4)cc3)C2=O)ccc1OC[C@H](O)CSC. The molecule has 0 bridgehead atoms. The van der Waals surface area contributed by atoms with Crippen LogP contribution in [0.1, 0.15) is 6.42 Å². The smallest absolute Gasteiger partial charge is 0.268 e. The molecule has 0 spiro atoms. The van der Waals surface area contributed by atoms with E-state index in [-0.39, 0.29) is 12.5 Å². The lowest BCUT2D eigenvalue weighted by Gasteiger charge is -2.20. The maximum absolute atomic E-state index is 13.1. The summed E-state index contributed by atoms with van der Waals surface area (Å²) in [6.45, 7) is 0.736. The fraction of sp³-hybridized carbons (Fsp3) is 0.296. The molecule has 0 aromatic heterocycles. The van der Waals surface area contributed by atoms with Gasteiger partial charge in [0.15, 0.2) is 17.6 Å². The van der Waals surface area contributed by atoms with Crippen molar-refractivity contribution in [3.05, 3.63) is 72.8 Å². The zero-order valence-electron chi connectivity index (χ0n) is 19.3. The first-order valence-electron chi connectivity index (χ1n) is 11.2. The van der Waals surface area contributed by atoms with E-state index in [9.17, 15) is 9.90 Å². The molecule has 2 atom stereocenters. The van der Waals surface area contributed by atoms with E-state index in [1.165, 1.54) is 0 Å². The summed E-state index contributed by atoms with van der Waals surface area (Å²) >= 11 is 1.56. The van der Waals surface area contributed by atoms with E-state index in [0.29, 0.717) is 36.0 Å². The molecule has 1 N–H and O–H groups in total. The third-order valence-corrected chi connectivity index (χ3v) is 6.36. The number of aliphatic hydroxyl groups is 1. The van der Waals surface area contributed by atoms with Gasteiger partial charge in [-0.15, -0.1) is 0 Å². The van der Waals surface area contributed by atoms with Crippen molar-refractivity contribution in [2.24, 2.45) is 0 Å². The first kappa shape index (κ1) is 24.0. The molecule has 3 aromatic carbocycles. The van der Waals surface area contributed by atoms with Crippen molar-refractivity contribution >= 4 is 23.4 Å². The van der Waals surface area contributed by atoms with Gasteiger partial charge < -0.3 is 24.2 Å². The maximum Gasteiger partial charge on any atom is 0.268 e. The van der Waals surface area contributed by atoms with E-state index in [2.05, 4.69) is 12.1 Å². The average molecular weight is 480 g/mol. The molecule has 178 valence electrons. The van der Waals surface area contributed by atoms with Gasteiger partial charge in [0.1, 0.15) is 12.4 Å². The minimum Gasteiger partial charge on any atom is -0.493 e. The third-order valence-electron chi connectivity index (χ3n) is 5.65. The van der Waals surface area contributed by atoms with Crippen LogP contribution in [-0.2, 0) is 4.79 Å². The molecule has 34 heavy (non-hydrogen) atoms. The molecule has 1 aliphatic heterocycles. The summed E-state index contributed by atoms with van der Waals surface area (Å²) in [7, 11) is 1.56. The minimum absolute atomic E-state index is 0.0850. The van der Waals surface area contributed by atoms with Crippen molar-refractivity contribution in [2.75, 3.05) is 37.2 Å². The summed E-state index contributed by atoms with van der Waals surface area (Å²) in [5, 5.41) is 9.91. The molecule has 0 aliphatic carbocycles. The number of hydrogen-bond acceptors (Lipinski definition) is 6. The predicted octanol–water partition coefficient (Wildman–Crippen LogP) is 4.65. The maximum atomic E-state index is 13.1. The molecule has 1 amide bonds. The number of carbonyl (C=O) groups is 1. The van der Waals surface area contributed by atoms with Gasteiger partial charge in [0.2, 0.25) is 0 Å². The number of nitrogens with zero attached hydrogens (tertiary/aromatic N) is 1. The summed E-state index contributed by atoms with van der Waals surface area (Å²) in [5.41, 5.74) is 2.96. The molecule has 6 nitrogen and oxygen atoms in total. The molecule has 1 aliphatic rings. The van der Waals surface area contributed by atoms with Crippen molar-refractivity contribution in [3.8, 4) is 28.4 Å². The Bertz CT molecular complexity index is 1090. The number of aliphatic hydroxyl groups excluding tert-OH is 1. The zero-order valence-corrected chi connectivity index (χ0v) is 20.2. The van der Waals surface area contributed by atoms with Gasteiger partial charge in [0, 0.05) is 30.5 Å². The number of benzene rings is 3. The monoisotopic (exact) mass is 479 g/mol.